The summed E-state index contributed by atoms with van der Waals surface area (Å²) in [4.78, 5) is 12.0. The molecule has 0 radical (unpaired) electrons. The molecule has 0 saturated carbocycles. The van der Waals surface area contributed by atoms with Crippen LogP contribution in [0.5, 0.6) is 0 Å². The molecule has 3 nitrogen and oxygen atoms in total. The van der Waals surface area contributed by atoms with Crippen LogP contribution in [0.1, 0.15) is 66.2 Å². The van der Waals surface area contributed by atoms with Gasteiger partial charge in [-0.25, -0.2) is 0 Å². The molecule has 0 spiro atoms. The third kappa shape index (κ3) is 4.33. The number of ether oxygens (including phenoxy) is 1. The van der Waals surface area contributed by atoms with Crippen LogP contribution in [0.15, 0.2) is 0 Å². The second kappa shape index (κ2) is 8.97. The van der Waals surface area contributed by atoms with Gasteiger partial charge < -0.3 is 4.74 Å². The molecule has 0 saturated heterocycles. The SMILES string of the molecule is CCCCCC[C@@H](C)C(C#N)(CC)C(=O)OCC. The van der Waals surface area contributed by atoms with Gasteiger partial charge in [-0.1, -0.05) is 46.5 Å². The van der Waals surface area contributed by atoms with Crippen molar-refractivity contribution in [2.24, 2.45) is 11.3 Å². The van der Waals surface area contributed by atoms with Crippen molar-refractivity contribution in [3.63, 3.8) is 0 Å². The van der Waals surface area contributed by atoms with Gasteiger partial charge in [-0.2, -0.15) is 5.26 Å². The van der Waals surface area contributed by atoms with E-state index >= 15 is 0 Å². The molecule has 0 aliphatic rings. The Kier molecular flexibility index (Phi) is 8.45. The molecule has 0 N–H and O–H groups in total. The highest BCUT2D eigenvalue weighted by Crippen LogP contribution is 2.35. The van der Waals surface area contributed by atoms with Crippen LogP contribution in [0.3, 0.4) is 0 Å². The van der Waals surface area contributed by atoms with Crippen LogP contribution in [0.2, 0.25) is 0 Å². The zero-order valence-corrected chi connectivity index (χ0v) is 12.3. The van der Waals surface area contributed by atoms with Crippen LogP contribution in [-0.2, 0) is 9.53 Å². The molecule has 2 atom stereocenters. The van der Waals surface area contributed by atoms with Crippen molar-refractivity contribution >= 4 is 5.97 Å². The summed E-state index contributed by atoms with van der Waals surface area (Å²) < 4.78 is 5.08. The van der Waals surface area contributed by atoms with E-state index in [0.29, 0.717) is 13.0 Å². The van der Waals surface area contributed by atoms with E-state index in [1.54, 1.807) is 6.92 Å². The van der Waals surface area contributed by atoms with E-state index in [4.69, 9.17) is 4.74 Å². The number of rotatable bonds is 9. The van der Waals surface area contributed by atoms with Gasteiger partial charge in [0.05, 0.1) is 12.7 Å². The second-order valence-corrected chi connectivity index (χ2v) is 4.91. The second-order valence-electron chi connectivity index (χ2n) is 4.91. The molecule has 0 aromatic rings. The maximum absolute atomic E-state index is 12.0. The van der Waals surface area contributed by atoms with Gasteiger partial charge in [0.25, 0.3) is 0 Å². The molecule has 0 aliphatic carbocycles. The first kappa shape index (κ1) is 17.0. The monoisotopic (exact) mass is 253 g/mol. The first-order valence-electron chi connectivity index (χ1n) is 7.17. The van der Waals surface area contributed by atoms with Crippen molar-refractivity contribution in [1.82, 2.24) is 0 Å². The summed E-state index contributed by atoms with van der Waals surface area (Å²) in [5, 5.41) is 9.40. The van der Waals surface area contributed by atoms with Crippen LogP contribution < -0.4 is 0 Å². The van der Waals surface area contributed by atoms with E-state index in [-0.39, 0.29) is 11.9 Å². The average molecular weight is 253 g/mol. The molecule has 0 amide bonds. The molecule has 0 heterocycles. The van der Waals surface area contributed by atoms with Crippen molar-refractivity contribution in [2.75, 3.05) is 6.61 Å². The maximum atomic E-state index is 12.0. The Labute approximate surface area is 112 Å². The highest BCUT2D eigenvalue weighted by Gasteiger charge is 2.43. The van der Waals surface area contributed by atoms with Crippen molar-refractivity contribution in [3.05, 3.63) is 0 Å². The molecule has 0 fully saturated rings. The number of carbonyl (C=O) groups is 1. The van der Waals surface area contributed by atoms with Crippen molar-refractivity contribution in [1.29, 1.82) is 5.26 Å². The standard InChI is InChI=1S/C15H27NO2/c1-5-8-9-10-11-13(4)15(6-2,12-16)14(17)18-7-3/h13H,5-11H2,1-4H3/t13-,15?/m1/s1. The average Bonchev–Trinajstić information content (AvgIpc) is 2.37. The summed E-state index contributed by atoms with van der Waals surface area (Å²) in [6.45, 7) is 8.18. The zero-order chi connectivity index (χ0) is 14.0. The van der Waals surface area contributed by atoms with Gasteiger partial charge in [-0.3, -0.25) is 4.79 Å². The smallest absolute Gasteiger partial charge is 0.326 e. The van der Waals surface area contributed by atoms with Crippen LogP contribution >= 0.6 is 0 Å². The Hall–Kier alpha value is -1.04. The fourth-order valence-corrected chi connectivity index (χ4v) is 2.31. The lowest BCUT2D eigenvalue weighted by Gasteiger charge is -2.29. The van der Waals surface area contributed by atoms with Gasteiger partial charge in [-0.05, 0) is 25.7 Å². The molecular formula is C15H27NO2. The Balaban J connectivity index is 4.57. The molecule has 1 unspecified atom stereocenters. The summed E-state index contributed by atoms with van der Waals surface area (Å²) >= 11 is 0. The molecule has 104 valence electrons. The number of nitrogens with zero attached hydrogens (tertiary/aromatic N) is 1. The van der Waals surface area contributed by atoms with Crippen molar-refractivity contribution in [2.45, 2.75) is 66.2 Å². The third-order valence-electron chi connectivity index (χ3n) is 3.73. The van der Waals surface area contributed by atoms with Crippen molar-refractivity contribution in [3.8, 4) is 6.07 Å². The minimum Gasteiger partial charge on any atom is -0.465 e. The van der Waals surface area contributed by atoms with E-state index in [0.717, 1.165) is 12.8 Å². The van der Waals surface area contributed by atoms with E-state index in [9.17, 15) is 10.1 Å². The predicted octanol–water partition coefficient (Wildman–Crippen LogP) is 4.08. The summed E-state index contributed by atoms with van der Waals surface area (Å²) in [7, 11) is 0. The van der Waals surface area contributed by atoms with Gasteiger partial charge in [0, 0.05) is 0 Å². The lowest BCUT2D eigenvalue weighted by Crippen LogP contribution is -2.37. The molecule has 0 aromatic carbocycles. The molecule has 18 heavy (non-hydrogen) atoms. The molecular weight excluding hydrogens is 226 g/mol. The number of carbonyl (C=O) groups excluding carboxylic acids is 1. The quantitative estimate of drug-likeness (QED) is 0.459. The lowest BCUT2D eigenvalue weighted by atomic mass is 9.73. The van der Waals surface area contributed by atoms with E-state index in [1.165, 1.54) is 19.3 Å². The normalized spacial score (nSPS) is 15.5. The van der Waals surface area contributed by atoms with E-state index < -0.39 is 5.41 Å². The van der Waals surface area contributed by atoms with Gasteiger partial charge in [0.2, 0.25) is 0 Å². The van der Waals surface area contributed by atoms with Crippen LogP contribution in [0, 0.1) is 22.7 Å². The van der Waals surface area contributed by atoms with Gasteiger partial charge in [0.15, 0.2) is 5.41 Å². The largest absolute Gasteiger partial charge is 0.465 e. The number of esters is 1. The molecule has 3 heteroatoms. The topological polar surface area (TPSA) is 50.1 Å². The summed E-state index contributed by atoms with van der Waals surface area (Å²) in [6.07, 6.45) is 6.12. The van der Waals surface area contributed by atoms with E-state index in [2.05, 4.69) is 13.0 Å². The van der Waals surface area contributed by atoms with Crippen LogP contribution in [-0.4, -0.2) is 12.6 Å². The first-order chi connectivity index (χ1) is 8.58. The third-order valence-corrected chi connectivity index (χ3v) is 3.73. The number of hydrogen-bond acceptors (Lipinski definition) is 3. The Morgan fingerprint density at radius 2 is 1.94 bits per heavy atom. The Morgan fingerprint density at radius 1 is 1.28 bits per heavy atom. The number of nitriles is 1. The maximum Gasteiger partial charge on any atom is 0.326 e. The predicted molar refractivity (Wildman–Crippen MR) is 72.9 cm³/mol. The zero-order valence-electron chi connectivity index (χ0n) is 12.3. The van der Waals surface area contributed by atoms with Crippen molar-refractivity contribution < 1.29 is 9.53 Å². The minimum absolute atomic E-state index is 0.0587. The highest BCUT2D eigenvalue weighted by atomic mass is 16.5. The first-order valence-corrected chi connectivity index (χ1v) is 7.17. The van der Waals surface area contributed by atoms with Gasteiger partial charge >= 0.3 is 5.97 Å². The van der Waals surface area contributed by atoms with Gasteiger partial charge in [0.1, 0.15) is 0 Å². The fourth-order valence-electron chi connectivity index (χ4n) is 2.31. The highest BCUT2D eigenvalue weighted by molar-refractivity contribution is 5.80. The number of hydrogen-bond donors (Lipinski definition) is 0. The lowest BCUT2D eigenvalue weighted by molar-refractivity contribution is -0.155. The molecule has 0 aromatic heterocycles. The van der Waals surface area contributed by atoms with E-state index in [1.807, 2.05) is 13.8 Å². The molecule has 0 bridgehead atoms. The van der Waals surface area contributed by atoms with Gasteiger partial charge in [-0.15, -0.1) is 0 Å². The summed E-state index contributed by atoms with van der Waals surface area (Å²) in [5.41, 5.74) is -0.956. The summed E-state index contributed by atoms with van der Waals surface area (Å²) in [5.74, 6) is -0.290. The van der Waals surface area contributed by atoms with Crippen LogP contribution in [0.4, 0.5) is 0 Å². The number of unbranched alkanes of at least 4 members (excludes halogenated alkanes) is 3. The molecule has 0 aliphatic heterocycles. The Morgan fingerprint density at radius 3 is 2.39 bits per heavy atom. The van der Waals surface area contributed by atoms with Crippen LogP contribution in [0.25, 0.3) is 0 Å². The summed E-state index contributed by atoms with van der Waals surface area (Å²) in [6, 6.07) is 2.22. The molecule has 0 rings (SSSR count). The Bertz CT molecular complexity index is 283. The fraction of sp³-hybridized carbons (Fsp3) is 0.867. The minimum atomic E-state index is -0.956.